The monoisotopic (exact) mass is 548 g/mol. The summed E-state index contributed by atoms with van der Waals surface area (Å²) in [7, 11) is 3.33. The molecule has 2 atom stereocenters. The number of aromatic nitrogens is 2. The minimum atomic E-state index is -0.185. The molecule has 200 valence electrons. The molecule has 1 fully saturated rings. The summed E-state index contributed by atoms with van der Waals surface area (Å²) >= 11 is 5.93. The summed E-state index contributed by atoms with van der Waals surface area (Å²) < 4.78 is 19.2. The van der Waals surface area contributed by atoms with Gasteiger partial charge in [0.05, 0.1) is 31.6 Å². The van der Waals surface area contributed by atoms with Crippen molar-refractivity contribution in [2.24, 2.45) is 0 Å². The molecule has 1 N–H and O–H groups in total. The van der Waals surface area contributed by atoms with Crippen molar-refractivity contribution in [2.45, 2.75) is 12.1 Å². The van der Waals surface area contributed by atoms with E-state index in [1.54, 1.807) is 14.2 Å². The zero-order chi connectivity index (χ0) is 27.5. The van der Waals surface area contributed by atoms with Crippen LogP contribution in [0.3, 0.4) is 0 Å². The Morgan fingerprint density at radius 3 is 2.15 bits per heavy atom. The molecule has 40 heavy (non-hydrogen) atoms. The second kappa shape index (κ2) is 11.1. The first-order valence-electron chi connectivity index (χ1n) is 12.9. The molecule has 5 aromatic rings. The van der Waals surface area contributed by atoms with E-state index in [1.165, 1.54) is 0 Å². The van der Waals surface area contributed by atoms with E-state index in [4.69, 9.17) is 26.4 Å². The van der Waals surface area contributed by atoms with Crippen LogP contribution in [-0.4, -0.2) is 28.9 Å². The number of hydrogen-bond acceptors (Lipinski definition) is 5. The normalized spacial score (nSPS) is 16.4. The van der Waals surface area contributed by atoms with Gasteiger partial charge in [0.2, 0.25) is 0 Å². The summed E-state index contributed by atoms with van der Waals surface area (Å²) in [6, 6.07) is 33.2. The minimum Gasteiger partial charge on any atom is -0.497 e. The van der Waals surface area contributed by atoms with Crippen LogP contribution in [0.15, 0.2) is 116 Å². The van der Waals surface area contributed by atoms with Gasteiger partial charge in [0.15, 0.2) is 5.11 Å². The Morgan fingerprint density at radius 2 is 1.45 bits per heavy atom. The fraction of sp³-hybridized carbons (Fsp3) is 0.125. The second-order valence-corrected chi connectivity index (χ2v) is 9.63. The van der Waals surface area contributed by atoms with Crippen molar-refractivity contribution >= 4 is 23.0 Å². The fourth-order valence-electron chi connectivity index (χ4n) is 5.07. The van der Waals surface area contributed by atoms with E-state index in [9.17, 15) is 0 Å². The van der Waals surface area contributed by atoms with E-state index < -0.39 is 0 Å². The summed E-state index contributed by atoms with van der Waals surface area (Å²) in [5.74, 6) is 3.02. The Morgan fingerprint density at radius 1 is 0.750 bits per heavy atom. The van der Waals surface area contributed by atoms with Crippen molar-refractivity contribution < 1.29 is 14.2 Å². The van der Waals surface area contributed by atoms with Crippen LogP contribution in [0.25, 0.3) is 5.69 Å². The summed E-state index contributed by atoms with van der Waals surface area (Å²) in [4.78, 5) is 6.83. The molecule has 3 aromatic carbocycles. The van der Waals surface area contributed by atoms with Crippen LogP contribution in [0.2, 0.25) is 0 Å². The van der Waals surface area contributed by atoms with E-state index in [0.29, 0.717) is 5.11 Å². The van der Waals surface area contributed by atoms with E-state index in [-0.39, 0.29) is 12.1 Å². The third-order valence-electron chi connectivity index (χ3n) is 6.94. The van der Waals surface area contributed by atoms with Gasteiger partial charge >= 0.3 is 0 Å². The molecule has 0 spiro atoms. The number of anilines is 1. The van der Waals surface area contributed by atoms with Crippen LogP contribution in [0.5, 0.6) is 23.0 Å². The molecule has 0 saturated carbocycles. The molecule has 0 unspecified atom stereocenters. The van der Waals surface area contributed by atoms with Crippen LogP contribution < -0.4 is 24.4 Å². The number of ether oxygens (including phenoxy) is 3. The lowest BCUT2D eigenvalue weighted by molar-refractivity contribution is 0.412. The molecule has 1 aliphatic heterocycles. The molecule has 0 aliphatic carbocycles. The Labute approximate surface area is 238 Å². The van der Waals surface area contributed by atoms with Crippen LogP contribution in [0, 0.1) is 0 Å². The third kappa shape index (κ3) is 4.85. The molecule has 7 nitrogen and oxygen atoms in total. The number of thiocarbonyl (C=S) groups is 1. The number of rotatable bonds is 8. The van der Waals surface area contributed by atoms with E-state index in [1.807, 2.05) is 103 Å². The lowest BCUT2D eigenvalue weighted by Crippen LogP contribution is -2.30. The Hall–Kier alpha value is -4.82. The summed E-state index contributed by atoms with van der Waals surface area (Å²) in [5.41, 5.74) is 3.84. The predicted octanol–water partition coefficient (Wildman–Crippen LogP) is 6.86. The highest BCUT2D eigenvalue weighted by atomic mass is 32.1. The summed E-state index contributed by atoms with van der Waals surface area (Å²) in [5, 5.41) is 4.16. The Bertz CT molecular complexity index is 1600. The van der Waals surface area contributed by atoms with E-state index >= 15 is 0 Å². The van der Waals surface area contributed by atoms with Crippen LogP contribution >= 0.6 is 12.2 Å². The standard InChI is InChI=1S/C32H28N4O3S/c1-37-23-16-18-25(19-17-23)39-24-14-12-22(13-15-24)36-31(30(34-32(36)40)26-8-5-6-20-33-26)28-10-7-21-35(28)27-9-3-4-11-29(27)38-2/h3-21,30-31H,1-2H3,(H,34,40)/t30-,31-/m0/s1. The van der Waals surface area contributed by atoms with Gasteiger partial charge < -0.3 is 29.0 Å². The van der Waals surface area contributed by atoms with Crippen LogP contribution in [0.1, 0.15) is 23.5 Å². The van der Waals surface area contributed by atoms with Crippen LogP contribution in [-0.2, 0) is 0 Å². The van der Waals surface area contributed by atoms with Gasteiger partial charge in [0.1, 0.15) is 29.0 Å². The number of benzene rings is 3. The van der Waals surface area contributed by atoms with Gasteiger partial charge in [-0.05, 0) is 97.1 Å². The molecule has 0 radical (unpaired) electrons. The van der Waals surface area contributed by atoms with Gasteiger partial charge in [-0.2, -0.15) is 0 Å². The van der Waals surface area contributed by atoms with Gasteiger partial charge in [0, 0.05) is 23.8 Å². The molecule has 1 saturated heterocycles. The first-order valence-corrected chi connectivity index (χ1v) is 13.3. The maximum absolute atomic E-state index is 6.06. The van der Waals surface area contributed by atoms with Gasteiger partial charge in [-0.3, -0.25) is 4.98 Å². The first-order chi connectivity index (χ1) is 19.7. The predicted molar refractivity (Wildman–Crippen MR) is 160 cm³/mol. The zero-order valence-corrected chi connectivity index (χ0v) is 22.9. The topological polar surface area (TPSA) is 60.8 Å². The molecular weight excluding hydrogens is 520 g/mol. The fourth-order valence-corrected chi connectivity index (χ4v) is 5.42. The van der Waals surface area contributed by atoms with Crippen molar-refractivity contribution in [2.75, 3.05) is 19.1 Å². The molecule has 0 amide bonds. The maximum Gasteiger partial charge on any atom is 0.174 e. The van der Waals surface area contributed by atoms with Gasteiger partial charge in [-0.1, -0.05) is 18.2 Å². The number of methoxy groups -OCH3 is 2. The van der Waals surface area contributed by atoms with Crippen molar-refractivity contribution in [1.29, 1.82) is 0 Å². The van der Waals surface area contributed by atoms with Crippen molar-refractivity contribution in [1.82, 2.24) is 14.9 Å². The van der Waals surface area contributed by atoms with Crippen LogP contribution in [0.4, 0.5) is 5.69 Å². The minimum absolute atomic E-state index is 0.174. The number of pyridine rings is 1. The molecule has 2 aromatic heterocycles. The summed E-state index contributed by atoms with van der Waals surface area (Å²) in [6.45, 7) is 0. The van der Waals surface area contributed by atoms with Crippen molar-refractivity contribution in [3.05, 3.63) is 127 Å². The zero-order valence-electron chi connectivity index (χ0n) is 22.1. The average molecular weight is 549 g/mol. The van der Waals surface area contributed by atoms with Crippen molar-refractivity contribution in [3.8, 4) is 28.7 Å². The molecular formula is C32H28N4O3S. The largest absolute Gasteiger partial charge is 0.497 e. The highest BCUT2D eigenvalue weighted by Gasteiger charge is 2.42. The first kappa shape index (κ1) is 25.5. The number of nitrogens with zero attached hydrogens (tertiary/aromatic N) is 3. The van der Waals surface area contributed by atoms with Gasteiger partial charge in [-0.15, -0.1) is 0 Å². The van der Waals surface area contributed by atoms with Gasteiger partial charge in [-0.25, -0.2) is 0 Å². The smallest absolute Gasteiger partial charge is 0.174 e. The maximum atomic E-state index is 6.06. The number of para-hydroxylation sites is 2. The quantitative estimate of drug-likeness (QED) is 0.213. The number of nitrogens with one attached hydrogen (secondary N) is 1. The molecule has 8 heteroatoms. The number of hydrogen-bond donors (Lipinski definition) is 1. The molecule has 6 rings (SSSR count). The Balaban J connectivity index is 1.38. The average Bonchev–Trinajstić information content (AvgIpc) is 3.62. The lowest BCUT2D eigenvalue weighted by Gasteiger charge is -2.29. The SMILES string of the molecule is COc1ccc(Oc2ccc(N3C(=S)N[C@@H](c4ccccn4)[C@@H]3c3cccn3-c3ccccc3OC)cc2)cc1. The van der Waals surface area contributed by atoms with E-state index in [0.717, 1.165) is 45.8 Å². The van der Waals surface area contributed by atoms with E-state index in [2.05, 4.69) is 31.9 Å². The Kier molecular flexibility index (Phi) is 7.08. The second-order valence-electron chi connectivity index (χ2n) is 9.24. The molecule has 0 bridgehead atoms. The van der Waals surface area contributed by atoms with Crippen molar-refractivity contribution in [3.63, 3.8) is 0 Å². The highest BCUT2D eigenvalue weighted by Crippen LogP contribution is 2.43. The van der Waals surface area contributed by atoms with Gasteiger partial charge in [0.25, 0.3) is 0 Å². The molecule has 1 aliphatic rings. The highest BCUT2D eigenvalue weighted by molar-refractivity contribution is 7.80. The lowest BCUT2D eigenvalue weighted by atomic mass is 10.0. The third-order valence-corrected chi connectivity index (χ3v) is 7.25. The summed E-state index contributed by atoms with van der Waals surface area (Å²) in [6.07, 6.45) is 3.86. The molecule has 3 heterocycles.